The molecule has 1 aromatic heterocycles. The zero-order valence-corrected chi connectivity index (χ0v) is 17.3. The number of ketones is 1. The first kappa shape index (κ1) is 20.6. The van der Waals surface area contributed by atoms with E-state index in [4.69, 9.17) is 4.74 Å². The SMILES string of the molecule is CC(C)(C)OC(=O)N1CCC(C(=O)c2cc(NS(=O)(=O)C3CC3)ccn2)CC1. The highest BCUT2D eigenvalue weighted by molar-refractivity contribution is 7.93. The van der Waals surface area contributed by atoms with Crippen LogP contribution in [0.1, 0.15) is 56.9 Å². The number of ether oxygens (including phenoxy) is 1. The number of carbonyl (C=O) groups is 2. The number of aromatic nitrogens is 1. The molecule has 2 aliphatic rings. The van der Waals surface area contributed by atoms with Gasteiger partial charge in [0.2, 0.25) is 10.0 Å². The number of sulfonamides is 1. The number of hydrogen-bond donors (Lipinski definition) is 1. The van der Waals surface area contributed by atoms with E-state index in [0.29, 0.717) is 44.5 Å². The van der Waals surface area contributed by atoms with Crippen molar-refractivity contribution >= 4 is 27.6 Å². The number of rotatable bonds is 5. The monoisotopic (exact) mass is 409 g/mol. The zero-order chi connectivity index (χ0) is 20.5. The van der Waals surface area contributed by atoms with Crippen LogP contribution >= 0.6 is 0 Å². The van der Waals surface area contributed by atoms with E-state index in [1.807, 2.05) is 20.8 Å². The van der Waals surface area contributed by atoms with Gasteiger partial charge < -0.3 is 9.64 Å². The fourth-order valence-electron chi connectivity index (χ4n) is 3.11. The molecular weight excluding hydrogens is 382 g/mol. The second kappa shape index (κ2) is 7.69. The van der Waals surface area contributed by atoms with Crippen molar-refractivity contribution < 1.29 is 22.7 Å². The third-order valence-electron chi connectivity index (χ3n) is 4.75. The van der Waals surface area contributed by atoms with Crippen molar-refractivity contribution in [3.8, 4) is 0 Å². The Hall–Kier alpha value is -2.16. The van der Waals surface area contributed by atoms with E-state index in [-0.39, 0.29) is 28.7 Å². The highest BCUT2D eigenvalue weighted by Crippen LogP contribution is 2.30. The maximum absolute atomic E-state index is 12.8. The summed E-state index contributed by atoms with van der Waals surface area (Å²) in [7, 11) is -3.39. The number of anilines is 1. The van der Waals surface area contributed by atoms with Crippen LogP contribution in [0.4, 0.5) is 10.5 Å². The molecule has 0 bridgehead atoms. The first-order chi connectivity index (χ1) is 13.0. The summed E-state index contributed by atoms with van der Waals surface area (Å²) in [5.41, 5.74) is 0.0465. The van der Waals surface area contributed by atoms with Gasteiger partial charge in [0.05, 0.1) is 10.9 Å². The normalized spacial score (nSPS) is 18.6. The highest BCUT2D eigenvalue weighted by atomic mass is 32.2. The molecule has 0 atom stereocenters. The molecule has 1 saturated heterocycles. The van der Waals surface area contributed by atoms with E-state index in [0.717, 1.165) is 0 Å². The third-order valence-corrected chi connectivity index (χ3v) is 6.62. The van der Waals surface area contributed by atoms with Crippen LogP contribution in [0.25, 0.3) is 0 Å². The van der Waals surface area contributed by atoms with E-state index in [1.54, 1.807) is 11.0 Å². The number of nitrogens with zero attached hydrogens (tertiary/aromatic N) is 2. The van der Waals surface area contributed by atoms with Gasteiger partial charge in [-0.1, -0.05) is 0 Å². The molecule has 0 radical (unpaired) electrons. The van der Waals surface area contributed by atoms with Crippen molar-refractivity contribution in [3.63, 3.8) is 0 Å². The molecule has 1 aliphatic carbocycles. The van der Waals surface area contributed by atoms with Gasteiger partial charge in [0, 0.05) is 25.2 Å². The molecule has 0 spiro atoms. The molecule has 1 amide bonds. The minimum atomic E-state index is -3.39. The highest BCUT2D eigenvalue weighted by Gasteiger charge is 2.36. The Bertz CT molecular complexity index is 851. The predicted octanol–water partition coefficient (Wildman–Crippen LogP) is 2.82. The average Bonchev–Trinajstić information content (AvgIpc) is 3.45. The molecule has 154 valence electrons. The van der Waals surface area contributed by atoms with E-state index < -0.39 is 15.6 Å². The van der Waals surface area contributed by atoms with E-state index in [2.05, 4.69) is 9.71 Å². The van der Waals surface area contributed by atoms with Gasteiger partial charge in [0.25, 0.3) is 0 Å². The predicted molar refractivity (Wildman–Crippen MR) is 105 cm³/mol. The molecule has 8 nitrogen and oxygen atoms in total. The molecule has 0 unspecified atom stereocenters. The number of likely N-dealkylation sites (tertiary alicyclic amines) is 1. The first-order valence-corrected chi connectivity index (χ1v) is 11.1. The molecule has 1 saturated carbocycles. The molecular formula is C19H27N3O5S. The van der Waals surface area contributed by atoms with E-state index >= 15 is 0 Å². The second-order valence-corrected chi connectivity index (χ2v) is 10.3. The molecule has 3 rings (SSSR count). The van der Waals surface area contributed by atoms with Crippen LogP contribution in [0.3, 0.4) is 0 Å². The van der Waals surface area contributed by atoms with Crippen LogP contribution < -0.4 is 4.72 Å². The summed E-state index contributed by atoms with van der Waals surface area (Å²) in [6.07, 6.45) is 3.46. The molecule has 2 fully saturated rings. The van der Waals surface area contributed by atoms with Crippen LogP contribution in [-0.4, -0.2) is 54.1 Å². The minimum absolute atomic E-state index is 0.128. The van der Waals surface area contributed by atoms with E-state index in [9.17, 15) is 18.0 Å². The summed E-state index contributed by atoms with van der Waals surface area (Å²) in [6, 6.07) is 3.03. The van der Waals surface area contributed by atoms with Crippen LogP contribution in [-0.2, 0) is 14.8 Å². The number of pyridine rings is 1. The van der Waals surface area contributed by atoms with Gasteiger partial charge >= 0.3 is 6.09 Å². The van der Waals surface area contributed by atoms with Crippen LogP contribution in [0.5, 0.6) is 0 Å². The van der Waals surface area contributed by atoms with Crippen molar-refractivity contribution in [2.75, 3.05) is 17.8 Å². The molecule has 2 heterocycles. The number of Topliss-reactive ketones (excluding diaryl/α,β-unsaturated/α-hetero) is 1. The van der Waals surface area contributed by atoms with Crippen molar-refractivity contribution in [1.29, 1.82) is 0 Å². The summed E-state index contributed by atoms with van der Waals surface area (Å²) in [4.78, 5) is 30.7. The Balaban J connectivity index is 1.59. The van der Waals surface area contributed by atoms with Gasteiger partial charge in [-0.05, 0) is 58.6 Å². The van der Waals surface area contributed by atoms with Gasteiger partial charge in [0.1, 0.15) is 11.3 Å². The topological polar surface area (TPSA) is 106 Å². The van der Waals surface area contributed by atoms with Crippen LogP contribution in [0, 0.1) is 5.92 Å². The molecule has 1 aromatic rings. The van der Waals surface area contributed by atoms with Gasteiger partial charge in [-0.25, -0.2) is 13.2 Å². The Morgan fingerprint density at radius 2 is 1.82 bits per heavy atom. The smallest absolute Gasteiger partial charge is 0.410 e. The largest absolute Gasteiger partial charge is 0.444 e. The quantitative estimate of drug-likeness (QED) is 0.750. The van der Waals surface area contributed by atoms with Gasteiger partial charge in [-0.15, -0.1) is 0 Å². The zero-order valence-electron chi connectivity index (χ0n) is 16.5. The first-order valence-electron chi connectivity index (χ1n) is 9.55. The number of nitrogens with one attached hydrogen (secondary N) is 1. The lowest BCUT2D eigenvalue weighted by atomic mass is 9.91. The van der Waals surface area contributed by atoms with Crippen molar-refractivity contribution in [3.05, 3.63) is 24.0 Å². The summed E-state index contributed by atoms with van der Waals surface area (Å²) in [5, 5.41) is -0.336. The van der Waals surface area contributed by atoms with Gasteiger partial charge in [-0.3, -0.25) is 14.5 Å². The maximum atomic E-state index is 12.8. The Kier molecular flexibility index (Phi) is 5.65. The van der Waals surface area contributed by atoms with Crippen LogP contribution in [0.15, 0.2) is 18.3 Å². The minimum Gasteiger partial charge on any atom is -0.444 e. The molecule has 28 heavy (non-hydrogen) atoms. The Labute approximate surface area is 165 Å². The van der Waals surface area contributed by atoms with Crippen molar-refractivity contribution in [2.24, 2.45) is 5.92 Å². The number of hydrogen-bond acceptors (Lipinski definition) is 6. The summed E-state index contributed by atoms with van der Waals surface area (Å²) >= 11 is 0. The fourth-order valence-corrected chi connectivity index (χ4v) is 4.49. The van der Waals surface area contributed by atoms with Crippen LogP contribution in [0.2, 0.25) is 0 Å². The molecule has 1 aliphatic heterocycles. The summed E-state index contributed by atoms with van der Waals surface area (Å²) in [6.45, 7) is 6.34. The Morgan fingerprint density at radius 1 is 1.18 bits per heavy atom. The number of carbonyl (C=O) groups excluding carboxylic acids is 2. The van der Waals surface area contributed by atoms with Gasteiger partial charge in [0.15, 0.2) is 5.78 Å². The van der Waals surface area contributed by atoms with E-state index in [1.165, 1.54) is 12.3 Å². The van der Waals surface area contributed by atoms with Crippen molar-refractivity contribution in [1.82, 2.24) is 9.88 Å². The standard InChI is InChI=1S/C19H27N3O5S/c1-19(2,3)27-18(24)22-10-7-13(8-11-22)17(23)16-12-14(6-9-20-16)21-28(25,26)15-4-5-15/h6,9,12-13,15H,4-5,7-8,10-11H2,1-3H3,(H,20,21). The molecule has 1 N–H and O–H groups in total. The van der Waals surface area contributed by atoms with Crippen molar-refractivity contribution in [2.45, 2.75) is 57.3 Å². The number of piperidine rings is 1. The fraction of sp³-hybridized carbons (Fsp3) is 0.632. The summed E-state index contributed by atoms with van der Waals surface area (Å²) < 4.78 is 32.1. The Morgan fingerprint density at radius 3 is 2.39 bits per heavy atom. The molecule has 9 heteroatoms. The second-order valence-electron chi connectivity index (χ2n) is 8.38. The lowest BCUT2D eigenvalue weighted by Gasteiger charge is -2.32. The molecule has 0 aromatic carbocycles. The summed E-state index contributed by atoms with van der Waals surface area (Å²) in [5.74, 6) is -0.377. The average molecular weight is 410 g/mol. The lowest BCUT2D eigenvalue weighted by molar-refractivity contribution is 0.0182. The lowest BCUT2D eigenvalue weighted by Crippen LogP contribution is -2.43. The maximum Gasteiger partial charge on any atom is 0.410 e. The van der Waals surface area contributed by atoms with Gasteiger partial charge in [-0.2, -0.15) is 0 Å². The number of amides is 1. The third kappa shape index (κ3) is 5.21.